The Labute approximate surface area is 150 Å². The average Bonchev–Trinajstić information content (AvgIpc) is 3.15. The van der Waals surface area contributed by atoms with Crippen LogP contribution in [0.4, 0.5) is 5.82 Å². The smallest absolute Gasteiger partial charge is 0.226 e. The summed E-state index contributed by atoms with van der Waals surface area (Å²) in [6.45, 7) is 7.51. The van der Waals surface area contributed by atoms with Gasteiger partial charge in [0.25, 0.3) is 0 Å². The molecule has 0 spiro atoms. The minimum absolute atomic E-state index is 0.0287. The van der Waals surface area contributed by atoms with Crippen LogP contribution in [-0.4, -0.2) is 53.6 Å². The number of hydrogen-bond donors (Lipinski definition) is 1. The van der Waals surface area contributed by atoms with Crippen LogP contribution in [0.25, 0.3) is 0 Å². The zero-order valence-electron chi connectivity index (χ0n) is 13.6. The number of rotatable bonds is 6. The summed E-state index contributed by atoms with van der Waals surface area (Å²) in [6.07, 6.45) is 0.465. The van der Waals surface area contributed by atoms with Crippen molar-refractivity contribution in [2.24, 2.45) is 0 Å². The lowest BCUT2D eigenvalue weighted by Crippen LogP contribution is -2.46. The zero-order valence-corrected chi connectivity index (χ0v) is 15.2. The van der Waals surface area contributed by atoms with Gasteiger partial charge in [-0.25, -0.2) is 0 Å². The third-order valence-corrected chi connectivity index (χ3v) is 5.24. The molecule has 2 aromatic heterocycles. The molecule has 0 bridgehead atoms. The van der Waals surface area contributed by atoms with Crippen LogP contribution in [0, 0.1) is 6.92 Å². The van der Waals surface area contributed by atoms with Gasteiger partial charge in [0, 0.05) is 56.6 Å². The highest BCUT2D eigenvalue weighted by Crippen LogP contribution is 2.23. The van der Waals surface area contributed by atoms with Crippen molar-refractivity contribution in [3.8, 4) is 0 Å². The molecule has 0 radical (unpaired) electrons. The molecular formula is C16H21ClN4O2S. The molecule has 3 rings (SSSR count). The van der Waals surface area contributed by atoms with Gasteiger partial charge in [-0.2, -0.15) is 0 Å². The molecule has 0 aliphatic carbocycles. The monoisotopic (exact) mass is 368 g/mol. The lowest BCUT2D eigenvalue weighted by Gasteiger charge is -2.34. The second-order valence-electron chi connectivity index (χ2n) is 5.94. The fraction of sp³-hybridized carbons (Fsp3) is 0.500. The molecule has 0 aromatic carbocycles. The maximum Gasteiger partial charge on any atom is 0.226 e. The molecule has 3 heterocycles. The molecular weight excluding hydrogens is 348 g/mol. The molecule has 0 atom stereocenters. The fourth-order valence-electron chi connectivity index (χ4n) is 2.72. The molecule has 2 aromatic rings. The molecule has 8 heteroatoms. The molecule has 1 amide bonds. The number of piperazine rings is 1. The predicted molar refractivity (Wildman–Crippen MR) is 95.5 cm³/mol. The molecule has 1 aliphatic heterocycles. The van der Waals surface area contributed by atoms with E-state index in [9.17, 15) is 4.79 Å². The summed E-state index contributed by atoms with van der Waals surface area (Å²) in [5.41, 5.74) is 0. The topological polar surface area (TPSA) is 61.6 Å². The molecule has 1 saturated heterocycles. The van der Waals surface area contributed by atoms with Crippen molar-refractivity contribution in [1.29, 1.82) is 0 Å². The van der Waals surface area contributed by atoms with E-state index in [4.69, 9.17) is 16.1 Å². The van der Waals surface area contributed by atoms with Crippen LogP contribution in [0.3, 0.4) is 0 Å². The number of aromatic nitrogens is 1. The number of anilines is 1. The van der Waals surface area contributed by atoms with Gasteiger partial charge in [-0.3, -0.25) is 9.69 Å². The summed E-state index contributed by atoms with van der Waals surface area (Å²) >= 11 is 7.62. The Hall–Kier alpha value is -1.41. The number of aryl methyl sites for hydroxylation is 1. The molecule has 1 aliphatic rings. The highest BCUT2D eigenvalue weighted by atomic mass is 35.5. The summed E-state index contributed by atoms with van der Waals surface area (Å²) in [5.74, 6) is 1.14. The molecule has 24 heavy (non-hydrogen) atoms. The summed E-state index contributed by atoms with van der Waals surface area (Å²) < 4.78 is 5.78. The molecule has 130 valence electrons. The van der Waals surface area contributed by atoms with Gasteiger partial charge in [0.15, 0.2) is 5.82 Å². The number of nitrogens with zero attached hydrogens (tertiary/aromatic N) is 3. The first kappa shape index (κ1) is 17.4. The number of hydrogen-bond acceptors (Lipinski definition) is 6. The van der Waals surface area contributed by atoms with Crippen molar-refractivity contribution in [2.75, 3.05) is 38.0 Å². The van der Waals surface area contributed by atoms with E-state index in [0.717, 1.165) is 43.6 Å². The predicted octanol–water partition coefficient (Wildman–Crippen LogP) is 2.84. The van der Waals surface area contributed by atoms with Crippen LogP contribution >= 0.6 is 22.9 Å². The van der Waals surface area contributed by atoms with Crippen LogP contribution in [0.15, 0.2) is 22.7 Å². The SMILES string of the molecule is Cc1cc(NC(=O)CCN2CCN(Cc3ccc(Cl)s3)CC2)no1. The van der Waals surface area contributed by atoms with Crippen LogP contribution in [-0.2, 0) is 11.3 Å². The van der Waals surface area contributed by atoms with E-state index < -0.39 is 0 Å². The van der Waals surface area contributed by atoms with Crippen molar-refractivity contribution in [3.05, 3.63) is 33.2 Å². The van der Waals surface area contributed by atoms with Gasteiger partial charge in [0.05, 0.1) is 4.34 Å². The van der Waals surface area contributed by atoms with Crippen molar-refractivity contribution >= 4 is 34.7 Å². The zero-order chi connectivity index (χ0) is 16.9. The van der Waals surface area contributed by atoms with E-state index in [-0.39, 0.29) is 5.91 Å². The number of amides is 1. The number of halogens is 1. The van der Waals surface area contributed by atoms with E-state index >= 15 is 0 Å². The molecule has 0 unspecified atom stereocenters. The standard InChI is InChI=1S/C16H21ClN4O2S/c1-12-10-15(19-23-12)18-16(22)4-5-20-6-8-21(9-7-20)11-13-2-3-14(17)24-13/h2-3,10H,4-9,11H2,1H3,(H,18,19,22). The minimum Gasteiger partial charge on any atom is -0.360 e. The van der Waals surface area contributed by atoms with Gasteiger partial charge in [0.1, 0.15) is 5.76 Å². The van der Waals surface area contributed by atoms with E-state index in [1.807, 2.05) is 6.07 Å². The van der Waals surface area contributed by atoms with Crippen molar-refractivity contribution in [1.82, 2.24) is 15.0 Å². The molecule has 1 fully saturated rings. The number of carbonyl (C=O) groups excluding carboxylic acids is 1. The van der Waals surface area contributed by atoms with Crippen LogP contribution in [0.5, 0.6) is 0 Å². The largest absolute Gasteiger partial charge is 0.360 e. The second-order valence-corrected chi connectivity index (χ2v) is 7.74. The number of thiophene rings is 1. The summed E-state index contributed by atoms with van der Waals surface area (Å²) in [7, 11) is 0. The summed E-state index contributed by atoms with van der Waals surface area (Å²) in [5, 5.41) is 6.52. The Morgan fingerprint density at radius 2 is 2.08 bits per heavy atom. The van der Waals surface area contributed by atoms with E-state index in [1.54, 1.807) is 24.3 Å². The maximum absolute atomic E-state index is 11.9. The van der Waals surface area contributed by atoms with Crippen molar-refractivity contribution in [2.45, 2.75) is 19.9 Å². The van der Waals surface area contributed by atoms with E-state index in [2.05, 4.69) is 26.3 Å². The summed E-state index contributed by atoms with van der Waals surface area (Å²) in [6, 6.07) is 5.76. The van der Waals surface area contributed by atoms with Gasteiger partial charge >= 0.3 is 0 Å². The Morgan fingerprint density at radius 3 is 2.71 bits per heavy atom. The van der Waals surface area contributed by atoms with Gasteiger partial charge < -0.3 is 14.7 Å². The van der Waals surface area contributed by atoms with Gasteiger partial charge in [-0.15, -0.1) is 11.3 Å². The first-order chi connectivity index (χ1) is 11.6. The Kier molecular flexibility index (Phi) is 5.89. The van der Waals surface area contributed by atoms with Gasteiger partial charge in [-0.05, 0) is 19.1 Å². The number of nitrogens with one attached hydrogen (secondary N) is 1. The van der Waals surface area contributed by atoms with Crippen LogP contribution in [0.1, 0.15) is 17.1 Å². The Bertz CT molecular complexity index is 679. The third kappa shape index (κ3) is 5.04. The van der Waals surface area contributed by atoms with Crippen LogP contribution < -0.4 is 5.32 Å². The first-order valence-electron chi connectivity index (χ1n) is 8.00. The van der Waals surface area contributed by atoms with Gasteiger partial charge in [0.2, 0.25) is 5.91 Å². The lowest BCUT2D eigenvalue weighted by atomic mass is 10.2. The van der Waals surface area contributed by atoms with E-state index in [1.165, 1.54) is 4.88 Å². The Balaban J connectivity index is 1.35. The van der Waals surface area contributed by atoms with Crippen molar-refractivity contribution < 1.29 is 9.32 Å². The lowest BCUT2D eigenvalue weighted by molar-refractivity contribution is -0.116. The average molecular weight is 369 g/mol. The van der Waals surface area contributed by atoms with Gasteiger partial charge in [-0.1, -0.05) is 16.8 Å². The van der Waals surface area contributed by atoms with E-state index in [0.29, 0.717) is 18.0 Å². The third-order valence-electron chi connectivity index (χ3n) is 4.02. The number of carbonyl (C=O) groups is 1. The van der Waals surface area contributed by atoms with Crippen molar-refractivity contribution in [3.63, 3.8) is 0 Å². The normalized spacial score (nSPS) is 16.4. The highest BCUT2D eigenvalue weighted by molar-refractivity contribution is 7.16. The summed E-state index contributed by atoms with van der Waals surface area (Å²) in [4.78, 5) is 18.0. The first-order valence-corrected chi connectivity index (χ1v) is 9.20. The molecule has 1 N–H and O–H groups in total. The highest BCUT2D eigenvalue weighted by Gasteiger charge is 2.18. The Morgan fingerprint density at radius 1 is 1.33 bits per heavy atom. The quantitative estimate of drug-likeness (QED) is 0.849. The second kappa shape index (κ2) is 8.11. The maximum atomic E-state index is 11.9. The fourth-order valence-corrected chi connectivity index (χ4v) is 3.85. The minimum atomic E-state index is -0.0287. The molecule has 0 saturated carbocycles. The van der Waals surface area contributed by atoms with Crippen LogP contribution in [0.2, 0.25) is 4.34 Å². The molecule has 6 nitrogen and oxygen atoms in total.